The Bertz CT molecular complexity index is 718. The second-order valence-corrected chi connectivity index (χ2v) is 6.36. The van der Waals surface area contributed by atoms with Gasteiger partial charge in [-0.15, -0.1) is 0 Å². The van der Waals surface area contributed by atoms with E-state index in [-0.39, 0.29) is 16.3 Å². The van der Waals surface area contributed by atoms with Crippen molar-refractivity contribution in [3.8, 4) is 5.75 Å². The van der Waals surface area contributed by atoms with Crippen molar-refractivity contribution >= 4 is 55.1 Å². The molecule has 1 aromatic carbocycles. The average molecular weight is 385 g/mol. The number of hydrogen-bond acceptors (Lipinski definition) is 4. The van der Waals surface area contributed by atoms with Crippen LogP contribution in [0, 0.1) is 3.57 Å². The predicted octanol–water partition coefficient (Wildman–Crippen LogP) is 1.85. The molecule has 8 heteroatoms. The number of hydrogen-bond donors (Lipinski definition) is 2. The van der Waals surface area contributed by atoms with Crippen molar-refractivity contribution in [3.63, 3.8) is 0 Å². The van der Waals surface area contributed by atoms with E-state index in [1.54, 1.807) is 6.07 Å². The van der Waals surface area contributed by atoms with Gasteiger partial charge in [-0.05, 0) is 40.8 Å². The summed E-state index contributed by atoms with van der Waals surface area (Å²) in [4.78, 5) is 3.82. The first-order valence-corrected chi connectivity index (χ1v) is 7.31. The van der Waals surface area contributed by atoms with Crippen LogP contribution in [-0.4, -0.2) is 18.5 Å². The molecule has 3 N–H and O–H groups in total. The van der Waals surface area contributed by atoms with E-state index < -0.39 is 10.0 Å². The SMILES string of the molecule is NS(=O)(=O)c1ccc2c(Cl)cc(I)c(O)c2n1. The van der Waals surface area contributed by atoms with Crippen molar-refractivity contribution in [2.24, 2.45) is 5.14 Å². The Labute approximate surface area is 116 Å². The molecule has 0 atom stereocenters. The van der Waals surface area contributed by atoms with Crippen LogP contribution in [0.2, 0.25) is 5.02 Å². The Kier molecular flexibility index (Phi) is 3.19. The zero-order valence-corrected chi connectivity index (χ0v) is 11.9. The number of primary sulfonamides is 1. The van der Waals surface area contributed by atoms with Crippen LogP contribution >= 0.6 is 34.2 Å². The molecule has 0 aliphatic heterocycles. The number of benzene rings is 1. The van der Waals surface area contributed by atoms with Gasteiger partial charge in [-0.3, -0.25) is 0 Å². The monoisotopic (exact) mass is 384 g/mol. The molecule has 0 saturated carbocycles. The Balaban J connectivity index is 2.91. The van der Waals surface area contributed by atoms with Crippen LogP contribution < -0.4 is 5.14 Å². The minimum atomic E-state index is -3.90. The van der Waals surface area contributed by atoms with Crippen LogP contribution in [0.15, 0.2) is 23.2 Å². The van der Waals surface area contributed by atoms with Crippen LogP contribution in [-0.2, 0) is 10.0 Å². The lowest BCUT2D eigenvalue weighted by atomic mass is 10.2. The molecule has 1 aromatic heterocycles. The second kappa shape index (κ2) is 4.23. The van der Waals surface area contributed by atoms with Gasteiger partial charge in [0.1, 0.15) is 5.52 Å². The molecule has 0 spiro atoms. The van der Waals surface area contributed by atoms with Gasteiger partial charge < -0.3 is 5.11 Å². The quantitative estimate of drug-likeness (QED) is 0.734. The van der Waals surface area contributed by atoms with E-state index in [0.717, 1.165) is 0 Å². The Morgan fingerprint density at radius 3 is 2.65 bits per heavy atom. The van der Waals surface area contributed by atoms with Gasteiger partial charge in [-0.2, -0.15) is 0 Å². The Morgan fingerprint density at radius 2 is 2.06 bits per heavy atom. The van der Waals surface area contributed by atoms with E-state index in [2.05, 4.69) is 4.98 Å². The number of rotatable bonds is 1. The van der Waals surface area contributed by atoms with Crippen molar-refractivity contribution in [3.05, 3.63) is 26.8 Å². The van der Waals surface area contributed by atoms with E-state index in [1.165, 1.54) is 12.1 Å². The second-order valence-electron chi connectivity index (χ2n) is 3.28. The number of fused-ring (bicyclic) bond motifs is 1. The molecule has 17 heavy (non-hydrogen) atoms. The van der Waals surface area contributed by atoms with Crippen LogP contribution in [0.5, 0.6) is 5.75 Å². The van der Waals surface area contributed by atoms with Crippen LogP contribution in [0.1, 0.15) is 0 Å². The van der Waals surface area contributed by atoms with Gasteiger partial charge in [0.25, 0.3) is 10.0 Å². The van der Waals surface area contributed by atoms with Crippen molar-refractivity contribution in [1.29, 1.82) is 0 Å². The zero-order chi connectivity index (χ0) is 12.8. The van der Waals surface area contributed by atoms with Crippen molar-refractivity contribution in [2.75, 3.05) is 0 Å². The van der Waals surface area contributed by atoms with E-state index in [0.29, 0.717) is 14.0 Å². The van der Waals surface area contributed by atoms with Crippen LogP contribution in [0.25, 0.3) is 10.9 Å². The standard InChI is InChI=1S/C9H6ClIN2O3S/c10-5-3-6(11)9(14)8-4(5)1-2-7(13-8)17(12,15)16/h1-3,14H,(H2,12,15,16). The summed E-state index contributed by atoms with van der Waals surface area (Å²) in [5.41, 5.74) is 0.119. The minimum absolute atomic E-state index is 0.115. The van der Waals surface area contributed by atoms with Crippen molar-refractivity contribution < 1.29 is 13.5 Å². The summed E-state index contributed by atoms with van der Waals surface area (Å²) in [7, 11) is -3.90. The van der Waals surface area contributed by atoms with Gasteiger partial charge in [0, 0.05) is 5.39 Å². The lowest BCUT2D eigenvalue weighted by Crippen LogP contribution is -2.13. The number of aromatic hydroxyl groups is 1. The summed E-state index contributed by atoms with van der Waals surface area (Å²) in [6.07, 6.45) is 0. The third-order valence-corrected chi connectivity index (χ3v) is 4.07. The van der Waals surface area contributed by atoms with Crippen molar-refractivity contribution in [1.82, 2.24) is 4.98 Å². The topological polar surface area (TPSA) is 93.3 Å². The van der Waals surface area contributed by atoms with Gasteiger partial charge in [0.2, 0.25) is 0 Å². The molecule has 0 saturated heterocycles. The van der Waals surface area contributed by atoms with Gasteiger partial charge in [0.15, 0.2) is 10.8 Å². The molecule has 2 rings (SSSR count). The largest absolute Gasteiger partial charge is 0.505 e. The fourth-order valence-electron chi connectivity index (χ4n) is 1.34. The molecule has 0 aliphatic rings. The lowest BCUT2D eigenvalue weighted by molar-refractivity contribution is 0.476. The third-order valence-electron chi connectivity index (χ3n) is 2.12. The first kappa shape index (κ1) is 12.8. The first-order chi connectivity index (χ1) is 7.80. The number of pyridine rings is 1. The van der Waals surface area contributed by atoms with Crippen molar-refractivity contribution in [2.45, 2.75) is 5.03 Å². The summed E-state index contributed by atoms with van der Waals surface area (Å²) in [5.74, 6) is -0.115. The number of nitrogens with two attached hydrogens (primary N) is 1. The molecule has 0 bridgehead atoms. The van der Waals surface area contributed by atoms with Gasteiger partial charge in [-0.25, -0.2) is 18.5 Å². The molecule has 2 aromatic rings. The molecular weight excluding hydrogens is 379 g/mol. The Morgan fingerprint density at radius 1 is 1.41 bits per heavy atom. The smallest absolute Gasteiger partial charge is 0.255 e. The van der Waals surface area contributed by atoms with Gasteiger partial charge >= 0.3 is 0 Å². The zero-order valence-electron chi connectivity index (χ0n) is 8.18. The summed E-state index contributed by atoms with van der Waals surface area (Å²) in [6, 6.07) is 4.27. The molecule has 0 unspecified atom stereocenters. The van der Waals surface area contributed by atoms with Crippen LogP contribution in [0.4, 0.5) is 0 Å². The summed E-state index contributed by atoms with van der Waals surface area (Å²) >= 11 is 7.84. The highest BCUT2D eigenvalue weighted by Crippen LogP contribution is 2.34. The van der Waals surface area contributed by atoms with E-state index in [4.69, 9.17) is 16.7 Å². The number of halogens is 2. The minimum Gasteiger partial charge on any atom is -0.505 e. The summed E-state index contributed by atoms with van der Waals surface area (Å²) < 4.78 is 22.8. The third kappa shape index (κ3) is 2.32. The normalized spacial score (nSPS) is 11.9. The van der Waals surface area contributed by atoms with E-state index in [1.807, 2.05) is 22.6 Å². The van der Waals surface area contributed by atoms with E-state index >= 15 is 0 Å². The molecule has 90 valence electrons. The van der Waals surface area contributed by atoms with Gasteiger partial charge in [0.05, 0.1) is 8.59 Å². The summed E-state index contributed by atoms with van der Waals surface area (Å²) in [6.45, 7) is 0. The highest BCUT2D eigenvalue weighted by molar-refractivity contribution is 14.1. The number of aromatic nitrogens is 1. The molecule has 1 heterocycles. The maximum Gasteiger partial charge on any atom is 0.255 e. The maximum absolute atomic E-state index is 11.2. The van der Waals surface area contributed by atoms with E-state index in [9.17, 15) is 13.5 Å². The molecule has 5 nitrogen and oxygen atoms in total. The maximum atomic E-state index is 11.2. The van der Waals surface area contributed by atoms with Gasteiger partial charge in [-0.1, -0.05) is 11.6 Å². The molecule has 0 amide bonds. The lowest BCUT2D eigenvalue weighted by Gasteiger charge is -2.06. The summed E-state index contributed by atoms with van der Waals surface area (Å²) in [5, 5.41) is 15.3. The number of phenols is 1. The highest BCUT2D eigenvalue weighted by atomic mass is 127. The average Bonchev–Trinajstić information content (AvgIpc) is 2.24. The number of sulfonamides is 1. The Hall–Kier alpha value is -0.640. The molecule has 0 radical (unpaired) electrons. The first-order valence-electron chi connectivity index (χ1n) is 4.31. The predicted molar refractivity (Wildman–Crippen MR) is 72.5 cm³/mol. The number of nitrogens with zero attached hydrogens (tertiary/aromatic N) is 1. The highest BCUT2D eigenvalue weighted by Gasteiger charge is 2.15. The molecular formula is C9H6ClIN2O3S. The molecule has 0 fully saturated rings. The fourth-order valence-corrected chi connectivity index (χ4v) is 2.83. The van der Waals surface area contributed by atoms with Crippen LogP contribution in [0.3, 0.4) is 0 Å². The number of phenolic OH excluding ortho intramolecular Hbond substituents is 1. The fraction of sp³-hybridized carbons (Fsp3) is 0. The molecule has 0 aliphatic carbocycles.